The number of nitrogens with one attached hydrogen (secondary N) is 1. The molecule has 0 radical (unpaired) electrons. The Hall–Kier alpha value is -1.06. The van der Waals surface area contributed by atoms with Crippen molar-refractivity contribution in [2.45, 2.75) is 51.5 Å². The van der Waals surface area contributed by atoms with Crippen molar-refractivity contribution in [3.05, 3.63) is 29.8 Å². The van der Waals surface area contributed by atoms with E-state index in [-0.39, 0.29) is 12.1 Å². The molecule has 0 bridgehead atoms. The third-order valence-electron chi connectivity index (χ3n) is 4.54. The van der Waals surface area contributed by atoms with Crippen molar-refractivity contribution in [3.63, 3.8) is 0 Å². The van der Waals surface area contributed by atoms with Crippen molar-refractivity contribution >= 4 is 5.69 Å². The first kappa shape index (κ1) is 16.3. The van der Waals surface area contributed by atoms with Crippen LogP contribution in [0.3, 0.4) is 0 Å². The van der Waals surface area contributed by atoms with Gasteiger partial charge in [-0.15, -0.1) is 0 Å². The first-order valence-electron chi connectivity index (χ1n) is 8.37. The summed E-state index contributed by atoms with van der Waals surface area (Å²) >= 11 is 0. The largest absolute Gasteiger partial charge is 0.394 e. The highest BCUT2D eigenvalue weighted by Gasteiger charge is 2.22. The van der Waals surface area contributed by atoms with Crippen LogP contribution in [0.4, 0.5) is 5.69 Å². The molecule has 1 aromatic rings. The Morgan fingerprint density at radius 2 is 2.10 bits per heavy atom. The number of para-hydroxylation sites is 1. The van der Waals surface area contributed by atoms with E-state index in [9.17, 15) is 5.11 Å². The third-order valence-corrected chi connectivity index (χ3v) is 4.54. The zero-order valence-electron chi connectivity index (χ0n) is 13.6. The maximum atomic E-state index is 9.58. The van der Waals surface area contributed by atoms with Crippen LogP contribution in [0.25, 0.3) is 0 Å². The van der Waals surface area contributed by atoms with Gasteiger partial charge < -0.3 is 15.3 Å². The summed E-state index contributed by atoms with van der Waals surface area (Å²) in [5.41, 5.74) is 2.80. The van der Waals surface area contributed by atoms with E-state index in [0.29, 0.717) is 0 Å². The van der Waals surface area contributed by atoms with Crippen LogP contribution in [0.1, 0.15) is 45.1 Å². The van der Waals surface area contributed by atoms with Crippen LogP contribution >= 0.6 is 0 Å². The number of unbranched alkanes of at least 4 members (excludes halogenated alkanes) is 1. The maximum Gasteiger partial charge on any atom is 0.0610 e. The Kier molecular flexibility index (Phi) is 6.07. The molecule has 2 N–H and O–H groups in total. The first-order valence-corrected chi connectivity index (χ1v) is 8.37. The second-order valence-corrected chi connectivity index (χ2v) is 6.47. The number of benzene rings is 1. The molecule has 0 aliphatic carbocycles. The molecule has 0 saturated carbocycles. The number of hydrogen-bond donors (Lipinski definition) is 2. The lowest BCUT2D eigenvalue weighted by atomic mass is 9.95. The molecule has 1 unspecified atom stereocenters. The smallest absolute Gasteiger partial charge is 0.0610 e. The van der Waals surface area contributed by atoms with E-state index in [2.05, 4.69) is 48.3 Å². The van der Waals surface area contributed by atoms with Crippen molar-refractivity contribution in [1.29, 1.82) is 0 Å². The molecule has 118 valence electrons. The predicted octanol–water partition coefficient (Wildman–Crippen LogP) is 2.97. The second-order valence-electron chi connectivity index (χ2n) is 6.47. The highest BCUT2D eigenvalue weighted by molar-refractivity contribution is 5.57. The molecule has 0 aromatic heterocycles. The van der Waals surface area contributed by atoms with Gasteiger partial charge in [0.2, 0.25) is 0 Å². The van der Waals surface area contributed by atoms with E-state index < -0.39 is 0 Å². The van der Waals surface area contributed by atoms with Gasteiger partial charge in [-0.2, -0.15) is 0 Å². The van der Waals surface area contributed by atoms with E-state index in [1.165, 1.54) is 24.1 Å². The Labute approximate surface area is 129 Å². The van der Waals surface area contributed by atoms with Crippen molar-refractivity contribution in [1.82, 2.24) is 5.32 Å². The number of anilines is 1. The molecule has 1 aliphatic heterocycles. The molecule has 1 atom stereocenters. The summed E-state index contributed by atoms with van der Waals surface area (Å²) in [6.45, 7) is 7.79. The number of aliphatic hydroxyl groups excluding tert-OH is 1. The van der Waals surface area contributed by atoms with Gasteiger partial charge in [-0.25, -0.2) is 0 Å². The normalized spacial score (nSPS) is 16.8. The first-order chi connectivity index (χ1) is 10.2. The van der Waals surface area contributed by atoms with Gasteiger partial charge in [0.15, 0.2) is 0 Å². The van der Waals surface area contributed by atoms with Gasteiger partial charge in [0.25, 0.3) is 0 Å². The molecule has 0 amide bonds. The van der Waals surface area contributed by atoms with Crippen molar-refractivity contribution < 1.29 is 5.11 Å². The molecule has 0 saturated heterocycles. The number of fused-ring (bicyclic) bond motifs is 1. The molecule has 1 aromatic carbocycles. The lowest BCUT2D eigenvalue weighted by molar-refractivity contribution is 0.163. The van der Waals surface area contributed by atoms with Gasteiger partial charge in [-0.3, -0.25) is 0 Å². The van der Waals surface area contributed by atoms with E-state index in [1.54, 1.807) is 0 Å². The Morgan fingerprint density at radius 1 is 1.29 bits per heavy atom. The lowest BCUT2D eigenvalue weighted by Gasteiger charge is -2.29. The van der Waals surface area contributed by atoms with E-state index in [4.69, 9.17) is 0 Å². The van der Waals surface area contributed by atoms with Crippen molar-refractivity contribution in [2.75, 3.05) is 31.1 Å². The topological polar surface area (TPSA) is 35.5 Å². The molecule has 3 heteroatoms. The summed E-state index contributed by atoms with van der Waals surface area (Å²) in [5, 5.41) is 13.1. The van der Waals surface area contributed by atoms with Gasteiger partial charge >= 0.3 is 0 Å². The summed E-state index contributed by atoms with van der Waals surface area (Å²) in [7, 11) is 0. The van der Waals surface area contributed by atoms with Crippen molar-refractivity contribution in [3.8, 4) is 0 Å². The van der Waals surface area contributed by atoms with Crippen LogP contribution in [-0.2, 0) is 6.42 Å². The zero-order valence-corrected chi connectivity index (χ0v) is 13.6. The monoisotopic (exact) mass is 290 g/mol. The fourth-order valence-electron chi connectivity index (χ4n) is 3.11. The van der Waals surface area contributed by atoms with Gasteiger partial charge in [0.05, 0.1) is 6.61 Å². The standard InChI is InChI=1S/C18H30N2O/c1-3-12-19-18(2,15-21)11-6-7-13-20-14-10-16-8-4-5-9-17(16)20/h4-5,8-9,19,21H,3,6-7,10-15H2,1-2H3. The van der Waals surface area contributed by atoms with Crippen LogP contribution < -0.4 is 10.2 Å². The van der Waals surface area contributed by atoms with Crippen LogP contribution in [0, 0.1) is 0 Å². The molecule has 21 heavy (non-hydrogen) atoms. The molecule has 2 rings (SSSR count). The fourth-order valence-corrected chi connectivity index (χ4v) is 3.11. The molecule has 3 nitrogen and oxygen atoms in total. The number of aliphatic hydroxyl groups is 1. The molecular formula is C18H30N2O. The van der Waals surface area contributed by atoms with E-state index >= 15 is 0 Å². The average Bonchev–Trinajstić information content (AvgIpc) is 2.93. The van der Waals surface area contributed by atoms with Gasteiger partial charge in [-0.05, 0) is 57.2 Å². The summed E-state index contributed by atoms with van der Waals surface area (Å²) in [5.74, 6) is 0. The highest BCUT2D eigenvalue weighted by Crippen LogP contribution is 2.27. The molecule has 0 fully saturated rings. The average molecular weight is 290 g/mol. The van der Waals surface area contributed by atoms with Crippen LogP contribution in [-0.4, -0.2) is 36.9 Å². The minimum absolute atomic E-state index is 0.112. The molecule has 1 aliphatic rings. The van der Waals surface area contributed by atoms with Crippen LogP contribution in [0.5, 0.6) is 0 Å². The van der Waals surface area contributed by atoms with Crippen molar-refractivity contribution in [2.24, 2.45) is 0 Å². The summed E-state index contributed by atoms with van der Waals surface area (Å²) < 4.78 is 0. The van der Waals surface area contributed by atoms with Gasteiger partial charge in [0, 0.05) is 24.3 Å². The van der Waals surface area contributed by atoms with E-state index in [0.717, 1.165) is 38.9 Å². The summed E-state index contributed by atoms with van der Waals surface area (Å²) in [6, 6.07) is 8.75. The quantitative estimate of drug-likeness (QED) is 0.686. The van der Waals surface area contributed by atoms with E-state index in [1.807, 2.05) is 0 Å². The Balaban J connectivity index is 1.73. The highest BCUT2D eigenvalue weighted by atomic mass is 16.3. The Bertz CT molecular complexity index is 435. The maximum absolute atomic E-state index is 9.58. The SMILES string of the molecule is CCCNC(C)(CO)CCCCN1CCc2ccccc21. The number of hydrogen-bond acceptors (Lipinski definition) is 3. The minimum atomic E-state index is -0.112. The summed E-state index contributed by atoms with van der Waals surface area (Å²) in [6.07, 6.45) is 5.69. The predicted molar refractivity (Wildman–Crippen MR) is 90.0 cm³/mol. The summed E-state index contributed by atoms with van der Waals surface area (Å²) in [4.78, 5) is 2.51. The molecular weight excluding hydrogens is 260 g/mol. The minimum Gasteiger partial charge on any atom is -0.394 e. The fraction of sp³-hybridized carbons (Fsp3) is 0.667. The second kappa shape index (κ2) is 7.81. The Morgan fingerprint density at radius 3 is 2.86 bits per heavy atom. The van der Waals surface area contributed by atoms with Gasteiger partial charge in [-0.1, -0.05) is 25.1 Å². The number of nitrogens with zero attached hydrogens (tertiary/aromatic N) is 1. The molecule has 1 heterocycles. The third kappa shape index (κ3) is 4.45. The van der Waals surface area contributed by atoms with Crippen LogP contribution in [0.15, 0.2) is 24.3 Å². The van der Waals surface area contributed by atoms with Gasteiger partial charge in [0.1, 0.15) is 0 Å². The lowest BCUT2D eigenvalue weighted by Crippen LogP contribution is -2.46. The van der Waals surface area contributed by atoms with Crippen LogP contribution in [0.2, 0.25) is 0 Å². The zero-order chi connectivity index (χ0) is 15.1. The molecule has 0 spiro atoms. The number of rotatable bonds is 9.